The predicted molar refractivity (Wildman–Crippen MR) is 66.1 cm³/mol. The van der Waals surface area contributed by atoms with Gasteiger partial charge in [-0.05, 0) is 24.3 Å². The average molecular weight is 249 g/mol. The molecule has 0 unspecified atom stereocenters. The van der Waals surface area contributed by atoms with Crippen LogP contribution in [0.4, 0.5) is 16.3 Å². The molecule has 2 N–H and O–H groups in total. The molecule has 0 spiro atoms. The van der Waals surface area contributed by atoms with Gasteiger partial charge in [-0.25, -0.2) is 9.78 Å². The van der Waals surface area contributed by atoms with Crippen molar-refractivity contribution in [1.82, 2.24) is 9.97 Å². The molecular formula is C11H9ClN4O. The van der Waals surface area contributed by atoms with Gasteiger partial charge >= 0.3 is 6.03 Å². The van der Waals surface area contributed by atoms with Crippen molar-refractivity contribution in [2.45, 2.75) is 0 Å². The van der Waals surface area contributed by atoms with E-state index in [0.717, 1.165) is 0 Å². The summed E-state index contributed by atoms with van der Waals surface area (Å²) >= 11 is 5.68. The maximum Gasteiger partial charge on any atom is 0.324 e. The van der Waals surface area contributed by atoms with Crippen molar-refractivity contribution >= 4 is 29.1 Å². The number of halogens is 1. The van der Waals surface area contributed by atoms with Crippen molar-refractivity contribution in [2.24, 2.45) is 0 Å². The molecule has 0 atom stereocenters. The Hall–Kier alpha value is -2.14. The fourth-order valence-corrected chi connectivity index (χ4v) is 1.28. The largest absolute Gasteiger partial charge is 0.324 e. The van der Waals surface area contributed by atoms with Crippen LogP contribution >= 0.6 is 11.6 Å². The van der Waals surface area contributed by atoms with E-state index in [2.05, 4.69) is 20.6 Å². The van der Waals surface area contributed by atoms with Gasteiger partial charge in [0.15, 0.2) is 0 Å². The zero-order valence-corrected chi connectivity index (χ0v) is 9.48. The lowest BCUT2D eigenvalue weighted by Crippen LogP contribution is -2.19. The van der Waals surface area contributed by atoms with Gasteiger partial charge in [-0.1, -0.05) is 11.6 Å². The third kappa shape index (κ3) is 3.42. The molecule has 0 fully saturated rings. The van der Waals surface area contributed by atoms with Gasteiger partial charge in [0, 0.05) is 24.3 Å². The van der Waals surface area contributed by atoms with Gasteiger partial charge in [-0.2, -0.15) is 0 Å². The number of anilines is 2. The summed E-state index contributed by atoms with van der Waals surface area (Å²) in [6.45, 7) is 0. The maximum atomic E-state index is 11.6. The summed E-state index contributed by atoms with van der Waals surface area (Å²) in [5, 5.41) is 5.74. The van der Waals surface area contributed by atoms with Crippen LogP contribution in [0.25, 0.3) is 0 Å². The Morgan fingerprint density at radius 3 is 2.53 bits per heavy atom. The van der Waals surface area contributed by atoms with Crippen LogP contribution in [0.5, 0.6) is 0 Å². The molecule has 2 heterocycles. The summed E-state index contributed by atoms with van der Waals surface area (Å²) in [4.78, 5) is 19.3. The van der Waals surface area contributed by atoms with E-state index in [4.69, 9.17) is 11.6 Å². The molecular weight excluding hydrogens is 240 g/mol. The minimum atomic E-state index is -0.369. The lowest BCUT2D eigenvalue weighted by Gasteiger charge is -2.06. The average Bonchev–Trinajstić information content (AvgIpc) is 2.33. The van der Waals surface area contributed by atoms with E-state index in [9.17, 15) is 4.79 Å². The van der Waals surface area contributed by atoms with Crippen molar-refractivity contribution in [3.63, 3.8) is 0 Å². The third-order valence-corrected chi connectivity index (χ3v) is 2.13. The van der Waals surface area contributed by atoms with Crippen molar-refractivity contribution in [3.8, 4) is 0 Å². The Balaban J connectivity index is 1.96. The zero-order valence-electron chi connectivity index (χ0n) is 8.72. The molecule has 5 nitrogen and oxygen atoms in total. The quantitative estimate of drug-likeness (QED) is 0.859. The number of hydrogen-bond donors (Lipinski definition) is 2. The molecule has 2 amide bonds. The molecule has 0 bridgehead atoms. The molecule has 0 aliphatic heterocycles. The van der Waals surface area contributed by atoms with Crippen LogP contribution in [0.1, 0.15) is 0 Å². The van der Waals surface area contributed by atoms with Crippen molar-refractivity contribution < 1.29 is 4.79 Å². The number of aromatic nitrogens is 2. The molecule has 17 heavy (non-hydrogen) atoms. The van der Waals surface area contributed by atoms with E-state index in [-0.39, 0.29) is 6.03 Å². The summed E-state index contributed by atoms with van der Waals surface area (Å²) in [6, 6.07) is 6.28. The Labute approximate surface area is 103 Å². The minimum absolute atomic E-state index is 0.369. The maximum absolute atomic E-state index is 11.6. The first-order valence-electron chi connectivity index (χ1n) is 4.83. The van der Waals surface area contributed by atoms with E-state index in [1.807, 2.05) is 0 Å². The summed E-state index contributed by atoms with van der Waals surface area (Å²) in [5.41, 5.74) is 0.659. The molecule has 6 heteroatoms. The standard InChI is InChI=1S/C11H9ClN4O/c12-8-1-2-10(14-7-8)16-11(17)15-9-3-5-13-6-4-9/h1-7H,(H2,13,14,15,16,17). The van der Waals surface area contributed by atoms with Crippen LogP contribution in [0.2, 0.25) is 5.02 Å². The fourth-order valence-electron chi connectivity index (χ4n) is 1.16. The van der Waals surface area contributed by atoms with Crippen LogP contribution in [0.3, 0.4) is 0 Å². The monoisotopic (exact) mass is 248 g/mol. The fraction of sp³-hybridized carbons (Fsp3) is 0. The van der Waals surface area contributed by atoms with Crippen LogP contribution < -0.4 is 10.6 Å². The second-order valence-corrected chi connectivity index (χ2v) is 3.61. The van der Waals surface area contributed by atoms with Crippen LogP contribution in [-0.2, 0) is 0 Å². The topological polar surface area (TPSA) is 66.9 Å². The van der Waals surface area contributed by atoms with E-state index < -0.39 is 0 Å². The van der Waals surface area contributed by atoms with Crippen molar-refractivity contribution in [2.75, 3.05) is 10.6 Å². The highest BCUT2D eigenvalue weighted by atomic mass is 35.5. The number of nitrogens with zero attached hydrogens (tertiary/aromatic N) is 2. The van der Waals surface area contributed by atoms with E-state index in [0.29, 0.717) is 16.5 Å². The van der Waals surface area contributed by atoms with Gasteiger partial charge in [0.05, 0.1) is 5.02 Å². The Morgan fingerprint density at radius 1 is 1.12 bits per heavy atom. The highest BCUT2D eigenvalue weighted by Crippen LogP contribution is 2.10. The predicted octanol–water partition coefficient (Wildman–Crippen LogP) is 2.77. The summed E-state index contributed by atoms with van der Waals surface area (Å²) in [7, 11) is 0. The number of amides is 2. The first kappa shape index (κ1) is 11.3. The molecule has 0 aliphatic rings. The summed E-state index contributed by atoms with van der Waals surface area (Å²) < 4.78 is 0. The van der Waals surface area contributed by atoms with Gasteiger partial charge in [-0.15, -0.1) is 0 Å². The number of urea groups is 1. The molecule has 2 rings (SSSR count). The zero-order chi connectivity index (χ0) is 12.1. The van der Waals surface area contributed by atoms with Crippen LogP contribution in [0.15, 0.2) is 42.9 Å². The highest BCUT2D eigenvalue weighted by molar-refractivity contribution is 6.30. The molecule has 0 saturated carbocycles. The van der Waals surface area contributed by atoms with Crippen LogP contribution in [-0.4, -0.2) is 16.0 Å². The van der Waals surface area contributed by atoms with Crippen molar-refractivity contribution in [3.05, 3.63) is 47.9 Å². The second kappa shape index (κ2) is 5.27. The third-order valence-electron chi connectivity index (χ3n) is 1.91. The molecule has 0 radical (unpaired) electrons. The number of pyridine rings is 2. The van der Waals surface area contributed by atoms with Crippen molar-refractivity contribution in [1.29, 1.82) is 0 Å². The number of nitrogens with one attached hydrogen (secondary N) is 2. The number of carbonyl (C=O) groups excluding carboxylic acids is 1. The minimum Gasteiger partial charge on any atom is -0.308 e. The first-order chi connectivity index (χ1) is 8.24. The Kier molecular flexibility index (Phi) is 3.52. The van der Waals surface area contributed by atoms with E-state index >= 15 is 0 Å². The molecule has 0 aliphatic carbocycles. The molecule has 0 aromatic carbocycles. The molecule has 2 aromatic rings. The Bertz CT molecular complexity index is 501. The smallest absolute Gasteiger partial charge is 0.308 e. The number of carbonyl (C=O) groups is 1. The lowest BCUT2D eigenvalue weighted by atomic mass is 10.4. The summed E-state index contributed by atoms with van der Waals surface area (Å²) in [5.74, 6) is 0.431. The molecule has 86 valence electrons. The first-order valence-corrected chi connectivity index (χ1v) is 5.21. The second-order valence-electron chi connectivity index (χ2n) is 3.18. The molecule has 0 saturated heterocycles. The normalized spacial score (nSPS) is 9.71. The van der Waals surface area contributed by atoms with Gasteiger partial charge in [0.25, 0.3) is 0 Å². The van der Waals surface area contributed by atoms with Gasteiger partial charge < -0.3 is 5.32 Å². The number of hydrogen-bond acceptors (Lipinski definition) is 3. The highest BCUT2D eigenvalue weighted by Gasteiger charge is 2.02. The Morgan fingerprint density at radius 2 is 1.88 bits per heavy atom. The SMILES string of the molecule is O=C(Nc1ccncc1)Nc1ccc(Cl)cn1. The van der Waals surface area contributed by atoms with Gasteiger partial charge in [-0.3, -0.25) is 10.3 Å². The van der Waals surface area contributed by atoms with Gasteiger partial charge in [0.2, 0.25) is 0 Å². The van der Waals surface area contributed by atoms with E-state index in [1.54, 1.807) is 36.7 Å². The van der Waals surface area contributed by atoms with Crippen LogP contribution in [0, 0.1) is 0 Å². The summed E-state index contributed by atoms with van der Waals surface area (Å²) in [6.07, 6.45) is 4.65. The van der Waals surface area contributed by atoms with E-state index in [1.165, 1.54) is 6.20 Å². The number of rotatable bonds is 2. The lowest BCUT2D eigenvalue weighted by molar-refractivity contribution is 0.262. The van der Waals surface area contributed by atoms with Gasteiger partial charge in [0.1, 0.15) is 5.82 Å². The molecule has 2 aromatic heterocycles.